The van der Waals surface area contributed by atoms with E-state index in [1.54, 1.807) is 0 Å². The number of nitrogen functional groups attached to an aromatic ring is 4. The molecule has 2 aliphatic heterocycles. The average Bonchev–Trinajstić information content (AvgIpc) is 4.14. The molecule has 0 unspecified atom stereocenters. The van der Waals surface area contributed by atoms with Gasteiger partial charge in [0.05, 0.1) is 67.6 Å². The van der Waals surface area contributed by atoms with E-state index >= 15 is 0 Å². The van der Waals surface area contributed by atoms with E-state index in [2.05, 4.69) is 131 Å². The minimum Gasteiger partial charge on any atom is -0.397 e. The number of benzene rings is 8. The Labute approximate surface area is 368 Å². The molecule has 0 spiro atoms. The smallest absolute Gasteiger partial charge is 0.138 e. The standard InChI is InChI=1S/C54H40N10/c55-41-13-7-31(23-43(41)57)29-9-15-45-39(19-29)27-49(59-45)35-3-1-5-37(21-35)53-61-47-17-11-33(25-51(47)63-53)30-10-16-46-40(20-30)28-50(60-46)36-4-2-6-38(22-36)54-62-48-18-12-34(26-52(48)64-54)32-8-14-42(56)44(58)24-32/h1-26H,27-28,55-58H2,(H,61,63)(H,62,64). The van der Waals surface area contributed by atoms with Gasteiger partial charge in [0.25, 0.3) is 0 Å². The third-order valence-corrected chi connectivity index (χ3v) is 12.5. The molecular formula is C54H40N10. The van der Waals surface area contributed by atoms with Crippen LogP contribution in [-0.4, -0.2) is 31.4 Å². The summed E-state index contributed by atoms with van der Waals surface area (Å²) in [7, 11) is 0. The van der Waals surface area contributed by atoms with Crippen molar-refractivity contribution >= 4 is 67.6 Å². The van der Waals surface area contributed by atoms with Crippen LogP contribution in [0.15, 0.2) is 168 Å². The highest BCUT2D eigenvalue weighted by Crippen LogP contribution is 2.37. The first-order valence-corrected chi connectivity index (χ1v) is 21.2. The van der Waals surface area contributed by atoms with E-state index in [4.69, 9.17) is 42.9 Å². The molecule has 0 atom stereocenters. The van der Waals surface area contributed by atoms with Gasteiger partial charge in [0.2, 0.25) is 0 Å². The van der Waals surface area contributed by atoms with Crippen molar-refractivity contribution < 1.29 is 0 Å². The van der Waals surface area contributed by atoms with Crippen molar-refractivity contribution in [1.29, 1.82) is 0 Å². The first-order chi connectivity index (χ1) is 31.2. The Balaban J connectivity index is 0.754. The number of hydrogen-bond acceptors (Lipinski definition) is 8. The predicted octanol–water partition coefficient (Wildman–Crippen LogP) is 11.5. The van der Waals surface area contributed by atoms with Crippen LogP contribution in [0.2, 0.25) is 0 Å². The van der Waals surface area contributed by atoms with Crippen LogP contribution in [0.25, 0.3) is 78.2 Å². The maximum absolute atomic E-state index is 6.10. The molecule has 64 heavy (non-hydrogen) atoms. The molecule has 10 heteroatoms. The predicted molar refractivity (Wildman–Crippen MR) is 263 cm³/mol. The van der Waals surface area contributed by atoms with Gasteiger partial charge >= 0.3 is 0 Å². The fourth-order valence-corrected chi connectivity index (χ4v) is 8.94. The summed E-state index contributed by atoms with van der Waals surface area (Å²) in [6, 6.07) is 53.9. The highest BCUT2D eigenvalue weighted by atomic mass is 14.9. The number of nitrogens with one attached hydrogen (secondary N) is 2. The van der Waals surface area contributed by atoms with Crippen molar-refractivity contribution in [2.45, 2.75) is 12.8 Å². The molecule has 2 aliphatic rings. The first kappa shape index (κ1) is 37.0. The van der Waals surface area contributed by atoms with Crippen LogP contribution < -0.4 is 22.9 Å². The van der Waals surface area contributed by atoms with Gasteiger partial charge in [-0.1, -0.05) is 72.8 Å². The quantitative estimate of drug-likeness (QED) is 0.0868. The largest absolute Gasteiger partial charge is 0.397 e. The number of nitrogens with zero attached hydrogens (tertiary/aromatic N) is 4. The van der Waals surface area contributed by atoms with Crippen LogP contribution in [0.5, 0.6) is 0 Å². The van der Waals surface area contributed by atoms with E-state index in [0.717, 1.165) is 125 Å². The molecule has 0 bridgehead atoms. The third kappa shape index (κ3) is 6.52. The fourth-order valence-electron chi connectivity index (χ4n) is 8.94. The van der Waals surface area contributed by atoms with E-state index in [1.165, 1.54) is 11.1 Å². The summed E-state index contributed by atoms with van der Waals surface area (Å²) in [6.07, 6.45) is 1.48. The van der Waals surface area contributed by atoms with Gasteiger partial charge in [0.15, 0.2) is 0 Å². The maximum Gasteiger partial charge on any atom is 0.138 e. The van der Waals surface area contributed by atoms with Gasteiger partial charge in [-0.15, -0.1) is 0 Å². The molecule has 0 saturated heterocycles. The lowest BCUT2D eigenvalue weighted by atomic mass is 9.98. The molecule has 12 rings (SSSR count). The van der Waals surface area contributed by atoms with Crippen LogP contribution in [0, 0.1) is 0 Å². The molecular weight excluding hydrogens is 789 g/mol. The summed E-state index contributed by atoms with van der Waals surface area (Å²) in [5.74, 6) is 1.62. The molecule has 0 aliphatic carbocycles. The molecule has 306 valence electrons. The number of anilines is 4. The summed E-state index contributed by atoms with van der Waals surface area (Å²) in [6.45, 7) is 0. The van der Waals surface area contributed by atoms with Gasteiger partial charge < -0.3 is 32.9 Å². The fraction of sp³-hybridized carbons (Fsp3) is 0.0370. The number of aromatic amines is 2. The van der Waals surface area contributed by atoms with Crippen molar-refractivity contribution in [3.8, 4) is 56.2 Å². The lowest BCUT2D eigenvalue weighted by molar-refractivity contribution is 1.33. The van der Waals surface area contributed by atoms with Gasteiger partial charge in [-0.25, -0.2) is 9.97 Å². The number of aromatic nitrogens is 4. The van der Waals surface area contributed by atoms with Crippen LogP contribution >= 0.6 is 0 Å². The van der Waals surface area contributed by atoms with E-state index in [1.807, 2.05) is 36.4 Å². The lowest BCUT2D eigenvalue weighted by Gasteiger charge is -2.07. The summed E-state index contributed by atoms with van der Waals surface area (Å²) in [4.78, 5) is 27.2. The molecule has 0 saturated carbocycles. The molecule has 10 aromatic rings. The number of aliphatic imine (C=N–C) groups is 2. The Hall–Kier alpha value is -8.76. The van der Waals surface area contributed by atoms with Gasteiger partial charge in [-0.2, -0.15) is 0 Å². The van der Waals surface area contributed by atoms with Gasteiger partial charge in [0, 0.05) is 24.0 Å². The Bertz CT molecular complexity index is 3630. The van der Waals surface area contributed by atoms with E-state index in [9.17, 15) is 0 Å². The zero-order valence-corrected chi connectivity index (χ0v) is 34.5. The maximum atomic E-state index is 6.10. The number of H-pyrrole nitrogens is 2. The van der Waals surface area contributed by atoms with Crippen molar-refractivity contribution in [1.82, 2.24) is 19.9 Å². The Morgan fingerprint density at radius 3 is 1.19 bits per heavy atom. The van der Waals surface area contributed by atoms with Gasteiger partial charge in [0.1, 0.15) is 11.6 Å². The van der Waals surface area contributed by atoms with Crippen LogP contribution in [0.4, 0.5) is 34.1 Å². The Morgan fingerprint density at radius 1 is 0.344 bits per heavy atom. The molecule has 10 N–H and O–H groups in total. The van der Waals surface area contributed by atoms with E-state index in [0.29, 0.717) is 22.7 Å². The van der Waals surface area contributed by atoms with Gasteiger partial charge in [-0.3, -0.25) is 9.98 Å². The molecule has 0 fully saturated rings. The third-order valence-electron chi connectivity index (χ3n) is 12.5. The molecule has 2 aromatic heterocycles. The monoisotopic (exact) mass is 828 g/mol. The number of rotatable bonds is 7. The molecule has 10 nitrogen and oxygen atoms in total. The van der Waals surface area contributed by atoms with Crippen molar-refractivity contribution in [2.75, 3.05) is 22.9 Å². The second-order valence-electron chi connectivity index (χ2n) is 16.6. The van der Waals surface area contributed by atoms with Crippen LogP contribution in [0.1, 0.15) is 22.3 Å². The number of hydrogen-bond donors (Lipinski definition) is 6. The zero-order valence-electron chi connectivity index (χ0n) is 34.5. The molecule has 0 amide bonds. The molecule has 0 radical (unpaired) electrons. The molecule has 4 heterocycles. The summed E-state index contributed by atoms with van der Waals surface area (Å²) >= 11 is 0. The van der Waals surface area contributed by atoms with Crippen molar-refractivity contribution in [3.05, 3.63) is 180 Å². The zero-order chi connectivity index (χ0) is 43.1. The Morgan fingerprint density at radius 2 is 0.734 bits per heavy atom. The minimum atomic E-state index is 0.565. The van der Waals surface area contributed by atoms with Crippen LogP contribution in [-0.2, 0) is 12.8 Å². The second kappa shape index (κ2) is 14.4. The number of imidazole rings is 2. The van der Waals surface area contributed by atoms with E-state index < -0.39 is 0 Å². The van der Waals surface area contributed by atoms with Crippen molar-refractivity contribution in [3.63, 3.8) is 0 Å². The highest BCUT2D eigenvalue weighted by molar-refractivity contribution is 6.08. The summed E-state index contributed by atoms with van der Waals surface area (Å²) in [5.41, 5.74) is 47.1. The van der Waals surface area contributed by atoms with Crippen molar-refractivity contribution in [2.24, 2.45) is 9.98 Å². The Kier molecular flexibility index (Phi) is 8.35. The van der Waals surface area contributed by atoms with E-state index in [-0.39, 0.29) is 0 Å². The summed E-state index contributed by atoms with van der Waals surface area (Å²) < 4.78 is 0. The topological polar surface area (TPSA) is 186 Å². The van der Waals surface area contributed by atoms with Crippen LogP contribution in [0.3, 0.4) is 0 Å². The number of nitrogens with two attached hydrogens (primary N) is 4. The first-order valence-electron chi connectivity index (χ1n) is 21.2. The lowest BCUT2D eigenvalue weighted by Crippen LogP contribution is -2.00. The minimum absolute atomic E-state index is 0.565. The second-order valence-corrected chi connectivity index (χ2v) is 16.6. The summed E-state index contributed by atoms with van der Waals surface area (Å²) in [5, 5.41) is 0. The SMILES string of the molecule is Nc1ccc(-c2ccc3c(c2)CC(c2cccc(-c4nc5cc(-c6ccc7c(c6)CC(c6cccc(-c8nc9cc(-c%10ccc(N)c(N)c%10)ccc9[nH]8)c6)=N7)ccc5[nH]4)c2)=N3)cc1N. The highest BCUT2D eigenvalue weighted by Gasteiger charge is 2.21. The average molecular weight is 829 g/mol. The molecule has 8 aromatic carbocycles. The van der Waals surface area contributed by atoms with Gasteiger partial charge in [-0.05, 0) is 141 Å². The number of fused-ring (bicyclic) bond motifs is 4. The normalized spacial score (nSPS) is 13.0.